The summed E-state index contributed by atoms with van der Waals surface area (Å²) in [5.41, 5.74) is 0. The first-order valence-corrected chi connectivity index (χ1v) is 29.4. The molecule has 67 heavy (non-hydrogen) atoms. The van der Waals surface area contributed by atoms with E-state index < -0.39 is 12.1 Å². The number of unbranched alkanes of at least 4 members (excludes halogenated alkanes) is 35. The van der Waals surface area contributed by atoms with Crippen LogP contribution in [0.3, 0.4) is 0 Å². The Hall–Kier alpha value is -2.18. The van der Waals surface area contributed by atoms with Crippen molar-refractivity contribution in [3.8, 4) is 0 Å². The number of hydrogen-bond acceptors (Lipinski definition) is 5. The van der Waals surface area contributed by atoms with Crippen molar-refractivity contribution in [2.24, 2.45) is 0 Å². The number of amides is 1. The molecule has 0 aliphatic heterocycles. The average molecular weight is 941 g/mol. The molecule has 1 amide bonds. The van der Waals surface area contributed by atoms with Crippen LogP contribution in [0, 0.1) is 0 Å². The van der Waals surface area contributed by atoms with Crippen LogP contribution in [-0.2, 0) is 14.3 Å². The minimum atomic E-state index is -0.667. The lowest BCUT2D eigenvalue weighted by Gasteiger charge is -2.22. The molecule has 3 N–H and O–H groups in total. The van der Waals surface area contributed by atoms with Crippen molar-refractivity contribution < 1.29 is 24.5 Å². The normalized spacial score (nSPS) is 13.0. The maximum atomic E-state index is 12.4. The molecule has 2 unspecified atom stereocenters. The minimum Gasteiger partial charge on any atom is -0.465 e. The van der Waals surface area contributed by atoms with Crippen LogP contribution < -0.4 is 5.32 Å². The van der Waals surface area contributed by atoms with E-state index in [4.69, 9.17) is 4.74 Å². The predicted molar refractivity (Wildman–Crippen MR) is 292 cm³/mol. The molecule has 0 aromatic heterocycles. The Kier molecular flexibility index (Phi) is 54.6. The molecule has 392 valence electrons. The maximum absolute atomic E-state index is 12.4. The summed E-state index contributed by atoms with van der Waals surface area (Å²) in [5.74, 6) is -0.0814. The van der Waals surface area contributed by atoms with E-state index in [2.05, 4.69) is 67.8 Å². The highest BCUT2D eigenvalue weighted by atomic mass is 16.5. The number of carbonyl (C=O) groups excluding carboxylic acids is 2. The topological polar surface area (TPSA) is 95.9 Å². The molecule has 0 rings (SSSR count). The van der Waals surface area contributed by atoms with Gasteiger partial charge in [0, 0.05) is 12.8 Å². The number of rotatable bonds is 54. The number of nitrogens with one attached hydrogen (secondary N) is 1. The smallest absolute Gasteiger partial charge is 0.305 e. The molecule has 2 atom stereocenters. The van der Waals surface area contributed by atoms with Crippen molar-refractivity contribution in [2.45, 2.75) is 315 Å². The van der Waals surface area contributed by atoms with Crippen LogP contribution in [0.2, 0.25) is 0 Å². The van der Waals surface area contributed by atoms with Crippen LogP contribution in [0.15, 0.2) is 48.6 Å². The molecule has 0 spiro atoms. The van der Waals surface area contributed by atoms with Gasteiger partial charge in [0.1, 0.15) is 0 Å². The van der Waals surface area contributed by atoms with Gasteiger partial charge in [-0.25, -0.2) is 0 Å². The highest BCUT2D eigenvalue weighted by molar-refractivity contribution is 5.76. The first-order chi connectivity index (χ1) is 33.0. The highest BCUT2D eigenvalue weighted by Gasteiger charge is 2.20. The summed E-state index contributed by atoms with van der Waals surface area (Å²) in [6, 6.07) is -0.544. The number of aliphatic hydroxyl groups is 2. The van der Waals surface area contributed by atoms with Gasteiger partial charge in [-0.3, -0.25) is 9.59 Å². The molecule has 0 radical (unpaired) electrons. The van der Waals surface area contributed by atoms with Crippen LogP contribution in [-0.4, -0.2) is 47.4 Å². The van der Waals surface area contributed by atoms with Crippen molar-refractivity contribution in [3.63, 3.8) is 0 Å². The van der Waals surface area contributed by atoms with Gasteiger partial charge in [0.15, 0.2) is 0 Å². The molecule has 0 aromatic rings. The zero-order valence-corrected chi connectivity index (χ0v) is 44.6. The second kappa shape index (κ2) is 56.4. The number of ether oxygens (including phenoxy) is 1. The summed E-state index contributed by atoms with van der Waals surface area (Å²) in [4.78, 5) is 24.5. The predicted octanol–water partition coefficient (Wildman–Crippen LogP) is 18.2. The molecule has 0 aromatic carbocycles. The molecule has 0 saturated carbocycles. The highest BCUT2D eigenvalue weighted by Crippen LogP contribution is 2.17. The number of allylic oxidation sites excluding steroid dienone is 7. The van der Waals surface area contributed by atoms with Crippen molar-refractivity contribution in [1.29, 1.82) is 0 Å². The van der Waals surface area contributed by atoms with E-state index in [1.807, 2.05) is 0 Å². The van der Waals surface area contributed by atoms with Gasteiger partial charge in [0.2, 0.25) is 5.91 Å². The molecule has 0 aliphatic rings. The van der Waals surface area contributed by atoms with E-state index in [0.717, 1.165) is 57.8 Å². The van der Waals surface area contributed by atoms with Crippen LogP contribution in [0.4, 0.5) is 0 Å². The van der Waals surface area contributed by atoms with Crippen LogP contribution in [0.25, 0.3) is 0 Å². The van der Waals surface area contributed by atoms with E-state index >= 15 is 0 Å². The Bertz CT molecular complexity index is 1130. The van der Waals surface area contributed by atoms with E-state index in [1.165, 1.54) is 212 Å². The van der Waals surface area contributed by atoms with Gasteiger partial charge in [0.25, 0.3) is 0 Å². The number of aliphatic hydroxyl groups excluding tert-OH is 2. The third kappa shape index (κ3) is 53.0. The third-order valence-electron chi connectivity index (χ3n) is 13.4. The molecule has 0 fully saturated rings. The number of hydrogen-bond donors (Lipinski definition) is 3. The van der Waals surface area contributed by atoms with Crippen molar-refractivity contribution in [3.05, 3.63) is 48.6 Å². The fraction of sp³-hybridized carbons (Fsp3) is 0.836. The fourth-order valence-corrected chi connectivity index (χ4v) is 8.86. The Morgan fingerprint density at radius 1 is 0.418 bits per heavy atom. The lowest BCUT2D eigenvalue weighted by Crippen LogP contribution is -2.45. The standard InChI is InChI=1S/C61H113NO5/c1-3-5-7-9-11-13-15-16-17-18-22-26-29-32-35-39-43-47-51-55-61(66)67-56-52-48-44-40-36-33-30-27-24-21-19-20-23-25-28-31-34-38-42-46-50-54-60(65)62-58(57-63)59(64)53-49-45-41-37-14-12-10-8-6-4-2/h11,13,16-17,33,36,44,48,58-59,63-64H,3-10,12,14-15,18-32,34-35,37-43,45-47,49-57H2,1-2H3,(H,62,65)/b13-11-,17-16-,36-33-,48-44-. The molecule has 0 aliphatic carbocycles. The fourth-order valence-electron chi connectivity index (χ4n) is 8.86. The van der Waals surface area contributed by atoms with Crippen molar-refractivity contribution in [1.82, 2.24) is 5.32 Å². The van der Waals surface area contributed by atoms with E-state index in [1.54, 1.807) is 0 Å². The van der Waals surface area contributed by atoms with E-state index in [9.17, 15) is 19.8 Å². The molecule has 0 saturated heterocycles. The molecule has 6 nitrogen and oxygen atoms in total. The van der Waals surface area contributed by atoms with Gasteiger partial charge in [-0.15, -0.1) is 0 Å². The Morgan fingerprint density at radius 3 is 1.16 bits per heavy atom. The number of esters is 1. The summed E-state index contributed by atoms with van der Waals surface area (Å²) in [7, 11) is 0. The molecular formula is C61H113NO5. The zero-order valence-electron chi connectivity index (χ0n) is 44.6. The monoisotopic (exact) mass is 940 g/mol. The van der Waals surface area contributed by atoms with Gasteiger partial charge >= 0.3 is 5.97 Å². The summed E-state index contributed by atoms with van der Waals surface area (Å²) in [6.07, 6.45) is 71.3. The van der Waals surface area contributed by atoms with Gasteiger partial charge in [-0.2, -0.15) is 0 Å². The third-order valence-corrected chi connectivity index (χ3v) is 13.4. The van der Waals surface area contributed by atoms with Gasteiger partial charge in [-0.1, -0.05) is 262 Å². The second-order valence-electron chi connectivity index (χ2n) is 20.0. The second-order valence-corrected chi connectivity index (χ2v) is 20.0. The quantitative estimate of drug-likeness (QED) is 0.0321. The van der Waals surface area contributed by atoms with E-state index in [0.29, 0.717) is 25.9 Å². The zero-order chi connectivity index (χ0) is 48.6. The maximum Gasteiger partial charge on any atom is 0.305 e. The number of carbonyl (C=O) groups is 2. The van der Waals surface area contributed by atoms with Crippen molar-refractivity contribution in [2.75, 3.05) is 13.2 Å². The summed E-state index contributed by atoms with van der Waals surface area (Å²) in [5, 5.41) is 23.1. The minimum absolute atomic E-state index is 0.0395. The largest absolute Gasteiger partial charge is 0.465 e. The Morgan fingerprint density at radius 2 is 0.746 bits per heavy atom. The average Bonchev–Trinajstić information content (AvgIpc) is 3.33. The first kappa shape index (κ1) is 64.8. The molecule has 6 heteroatoms. The lowest BCUT2D eigenvalue weighted by atomic mass is 10.0. The van der Waals surface area contributed by atoms with Gasteiger partial charge < -0.3 is 20.3 Å². The molecular weight excluding hydrogens is 827 g/mol. The summed E-state index contributed by atoms with van der Waals surface area (Å²) >= 11 is 0. The van der Waals surface area contributed by atoms with Crippen molar-refractivity contribution >= 4 is 11.9 Å². The van der Waals surface area contributed by atoms with Crippen LogP contribution in [0.1, 0.15) is 303 Å². The Balaban J connectivity index is 3.43. The van der Waals surface area contributed by atoms with E-state index in [-0.39, 0.29) is 18.5 Å². The van der Waals surface area contributed by atoms with Crippen LogP contribution in [0.5, 0.6) is 0 Å². The molecule has 0 heterocycles. The Labute approximate surface area is 416 Å². The van der Waals surface area contributed by atoms with Gasteiger partial charge in [-0.05, 0) is 77.0 Å². The first-order valence-electron chi connectivity index (χ1n) is 29.4. The SMILES string of the molecule is CCCCC/C=C\C/C=C\CCCCCCCCCCCC(=O)OCC/C=C\C/C=C\CCCCCCCCCCCCCCCCC(=O)NC(CO)C(O)CCCCCCCCCCCC. The summed E-state index contributed by atoms with van der Waals surface area (Å²) < 4.78 is 5.43. The summed E-state index contributed by atoms with van der Waals surface area (Å²) in [6.45, 7) is 4.80. The van der Waals surface area contributed by atoms with Gasteiger partial charge in [0.05, 0.1) is 25.4 Å². The van der Waals surface area contributed by atoms with Crippen LogP contribution >= 0.6 is 0 Å². The lowest BCUT2D eigenvalue weighted by molar-refractivity contribution is -0.143. The molecule has 0 bridgehead atoms.